The molecular formula is C28H44N2O2. The van der Waals surface area contributed by atoms with Gasteiger partial charge in [-0.15, -0.1) is 0 Å². The Bertz CT molecular complexity index is 743. The normalized spacial score (nSPS) is 21.2. The van der Waals surface area contributed by atoms with Gasteiger partial charge in [0.25, 0.3) is 0 Å². The summed E-state index contributed by atoms with van der Waals surface area (Å²) in [7, 11) is 1.92. The lowest BCUT2D eigenvalue weighted by molar-refractivity contribution is 0.0825. The van der Waals surface area contributed by atoms with Crippen LogP contribution in [0.2, 0.25) is 0 Å². The average Bonchev–Trinajstić information content (AvgIpc) is 3.61. The summed E-state index contributed by atoms with van der Waals surface area (Å²) in [6.07, 6.45) is 15.1. The Morgan fingerprint density at radius 2 is 1.47 bits per heavy atom. The van der Waals surface area contributed by atoms with Crippen LogP contribution in [0.4, 0.5) is 10.5 Å². The Labute approximate surface area is 195 Å². The minimum atomic E-state index is -0.351. The summed E-state index contributed by atoms with van der Waals surface area (Å²) >= 11 is 0. The molecule has 0 saturated heterocycles. The molecule has 178 valence electrons. The van der Waals surface area contributed by atoms with E-state index in [9.17, 15) is 9.59 Å². The third-order valence-corrected chi connectivity index (χ3v) is 7.74. The first-order valence-corrected chi connectivity index (χ1v) is 13.0. The third-order valence-electron chi connectivity index (χ3n) is 7.74. The SMILES string of the molecule is CCCC(C)(C)C(=O)c1ccc(NC(=O)N(C)C2CCC(CCCCC3CC3)CC2)cc1. The molecule has 4 nitrogen and oxygen atoms in total. The zero-order valence-electron chi connectivity index (χ0n) is 20.8. The lowest BCUT2D eigenvalue weighted by Gasteiger charge is -2.34. The minimum Gasteiger partial charge on any atom is -0.325 e. The number of nitrogens with zero attached hydrogens (tertiary/aromatic N) is 1. The van der Waals surface area contributed by atoms with Crippen molar-refractivity contribution >= 4 is 17.5 Å². The fourth-order valence-electron chi connectivity index (χ4n) is 5.31. The molecule has 3 rings (SSSR count). The Balaban J connectivity index is 1.41. The van der Waals surface area contributed by atoms with E-state index in [2.05, 4.69) is 12.2 Å². The van der Waals surface area contributed by atoms with Gasteiger partial charge in [0.15, 0.2) is 5.78 Å². The molecular weight excluding hydrogens is 396 g/mol. The molecule has 1 aromatic carbocycles. The highest BCUT2D eigenvalue weighted by atomic mass is 16.2. The van der Waals surface area contributed by atoms with Crippen LogP contribution in [0.15, 0.2) is 24.3 Å². The van der Waals surface area contributed by atoms with E-state index in [0.717, 1.165) is 43.2 Å². The maximum atomic E-state index is 12.8. The van der Waals surface area contributed by atoms with E-state index in [1.807, 2.05) is 50.1 Å². The number of hydrogen-bond donors (Lipinski definition) is 1. The van der Waals surface area contributed by atoms with Gasteiger partial charge in [-0.1, -0.05) is 65.7 Å². The molecule has 1 aromatic rings. The molecule has 32 heavy (non-hydrogen) atoms. The van der Waals surface area contributed by atoms with Gasteiger partial charge in [-0.3, -0.25) is 4.79 Å². The van der Waals surface area contributed by atoms with E-state index in [1.165, 1.54) is 51.4 Å². The molecule has 2 amide bonds. The summed E-state index contributed by atoms with van der Waals surface area (Å²) < 4.78 is 0. The predicted molar refractivity (Wildman–Crippen MR) is 133 cm³/mol. The maximum absolute atomic E-state index is 12.8. The molecule has 2 aliphatic carbocycles. The van der Waals surface area contributed by atoms with Gasteiger partial charge < -0.3 is 10.2 Å². The predicted octanol–water partition coefficient (Wildman–Crippen LogP) is 7.69. The van der Waals surface area contributed by atoms with Crippen molar-refractivity contribution in [2.45, 2.75) is 104 Å². The molecule has 0 radical (unpaired) electrons. The molecule has 0 heterocycles. The zero-order valence-corrected chi connectivity index (χ0v) is 20.8. The molecule has 1 N–H and O–H groups in total. The number of ketones is 1. The van der Waals surface area contributed by atoms with E-state index < -0.39 is 0 Å². The van der Waals surface area contributed by atoms with Crippen LogP contribution < -0.4 is 5.32 Å². The van der Waals surface area contributed by atoms with Crippen molar-refractivity contribution in [2.75, 3.05) is 12.4 Å². The smallest absolute Gasteiger partial charge is 0.321 e. The van der Waals surface area contributed by atoms with Gasteiger partial charge in [0.1, 0.15) is 0 Å². The highest BCUT2D eigenvalue weighted by Gasteiger charge is 2.28. The highest BCUT2D eigenvalue weighted by Crippen LogP contribution is 2.35. The summed E-state index contributed by atoms with van der Waals surface area (Å²) in [6, 6.07) is 7.64. The Morgan fingerprint density at radius 1 is 0.938 bits per heavy atom. The van der Waals surface area contributed by atoms with Crippen molar-refractivity contribution < 1.29 is 9.59 Å². The van der Waals surface area contributed by atoms with Gasteiger partial charge in [-0.2, -0.15) is 0 Å². The van der Waals surface area contributed by atoms with Crippen molar-refractivity contribution in [3.63, 3.8) is 0 Å². The van der Waals surface area contributed by atoms with Gasteiger partial charge in [0.2, 0.25) is 0 Å². The number of hydrogen-bond acceptors (Lipinski definition) is 2. The summed E-state index contributed by atoms with van der Waals surface area (Å²) in [4.78, 5) is 27.4. The zero-order chi connectivity index (χ0) is 23.1. The molecule has 0 unspecified atom stereocenters. The number of carbonyl (C=O) groups is 2. The van der Waals surface area contributed by atoms with Crippen LogP contribution in [-0.2, 0) is 0 Å². The van der Waals surface area contributed by atoms with Crippen LogP contribution in [0, 0.1) is 17.3 Å². The second kappa shape index (κ2) is 11.3. The van der Waals surface area contributed by atoms with Gasteiger partial charge in [-0.05, 0) is 68.2 Å². The largest absolute Gasteiger partial charge is 0.325 e. The number of urea groups is 1. The van der Waals surface area contributed by atoms with E-state index in [-0.39, 0.29) is 17.2 Å². The fraction of sp³-hybridized carbons (Fsp3) is 0.714. The van der Waals surface area contributed by atoms with E-state index in [4.69, 9.17) is 0 Å². The monoisotopic (exact) mass is 440 g/mol. The van der Waals surface area contributed by atoms with Crippen LogP contribution >= 0.6 is 0 Å². The number of benzene rings is 1. The van der Waals surface area contributed by atoms with Crippen LogP contribution in [0.1, 0.15) is 108 Å². The number of unbranched alkanes of at least 4 members (excludes halogenated alkanes) is 1. The summed E-state index contributed by atoms with van der Waals surface area (Å²) in [5.41, 5.74) is 1.11. The lowest BCUT2D eigenvalue weighted by atomic mass is 9.80. The van der Waals surface area contributed by atoms with E-state index >= 15 is 0 Å². The van der Waals surface area contributed by atoms with Crippen LogP contribution in [-0.4, -0.2) is 29.8 Å². The van der Waals surface area contributed by atoms with Gasteiger partial charge in [-0.25, -0.2) is 4.79 Å². The molecule has 0 bridgehead atoms. The summed E-state index contributed by atoms with van der Waals surface area (Å²) in [5, 5.41) is 3.01. The average molecular weight is 441 g/mol. The highest BCUT2D eigenvalue weighted by molar-refractivity contribution is 6.00. The quantitative estimate of drug-likeness (QED) is 0.283. The van der Waals surface area contributed by atoms with Gasteiger partial charge in [0.05, 0.1) is 0 Å². The number of nitrogens with one attached hydrogen (secondary N) is 1. The van der Waals surface area contributed by atoms with E-state index in [1.54, 1.807) is 0 Å². The lowest BCUT2D eigenvalue weighted by Crippen LogP contribution is -2.41. The number of amides is 2. The number of anilines is 1. The van der Waals surface area contributed by atoms with Gasteiger partial charge in [0, 0.05) is 29.8 Å². The number of rotatable bonds is 11. The first-order valence-electron chi connectivity index (χ1n) is 13.0. The van der Waals surface area contributed by atoms with Crippen LogP contribution in [0.5, 0.6) is 0 Å². The molecule has 0 aliphatic heterocycles. The van der Waals surface area contributed by atoms with Crippen LogP contribution in [0.3, 0.4) is 0 Å². The molecule has 2 aliphatic rings. The van der Waals surface area contributed by atoms with Gasteiger partial charge >= 0.3 is 6.03 Å². The molecule has 0 aromatic heterocycles. The number of carbonyl (C=O) groups excluding carboxylic acids is 2. The first kappa shape index (κ1) is 24.8. The second-order valence-corrected chi connectivity index (χ2v) is 11.0. The van der Waals surface area contributed by atoms with Crippen molar-refractivity contribution in [2.24, 2.45) is 17.3 Å². The van der Waals surface area contributed by atoms with Crippen molar-refractivity contribution in [1.82, 2.24) is 4.90 Å². The standard InChI is InChI=1S/C28H44N2O2/c1-5-20-28(2,3)26(31)23-14-16-24(17-15-23)29-27(32)30(4)25-18-12-22(13-19-25)9-7-6-8-21-10-11-21/h14-17,21-22,25H,5-13,18-20H2,1-4H3,(H,29,32). The second-order valence-electron chi connectivity index (χ2n) is 11.0. The summed E-state index contributed by atoms with van der Waals surface area (Å²) in [6.45, 7) is 6.12. The maximum Gasteiger partial charge on any atom is 0.321 e. The first-order chi connectivity index (χ1) is 15.3. The Kier molecular flexibility index (Phi) is 8.79. The minimum absolute atomic E-state index is 0.0525. The molecule has 0 atom stereocenters. The topological polar surface area (TPSA) is 49.4 Å². The number of Topliss-reactive ketones (excluding diaryl/α,β-unsaturated/α-hetero) is 1. The molecule has 2 fully saturated rings. The van der Waals surface area contributed by atoms with Crippen molar-refractivity contribution in [3.05, 3.63) is 29.8 Å². The van der Waals surface area contributed by atoms with E-state index in [0.29, 0.717) is 11.6 Å². The molecule has 0 spiro atoms. The van der Waals surface area contributed by atoms with Crippen molar-refractivity contribution in [3.8, 4) is 0 Å². The summed E-state index contributed by atoms with van der Waals surface area (Å²) in [5.74, 6) is 2.07. The fourth-order valence-corrected chi connectivity index (χ4v) is 5.31. The molecule has 4 heteroatoms. The third kappa shape index (κ3) is 7.08. The molecule has 2 saturated carbocycles. The Hall–Kier alpha value is -1.84. The Morgan fingerprint density at radius 3 is 1.97 bits per heavy atom. The van der Waals surface area contributed by atoms with Crippen LogP contribution in [0.25, 0.3) is 0 Å². The van der Waals surface area contributed by atoms with Crippen molar-refractivity contribution in [1.29, 1.82) is 0 Å².